The van der Waals surface area contributed by atoms with Crippen molar-refractivity contribution in [2.45, 2.75) is 13.0 Å². The average molecular weight is 375 g/mol. The summed E-state index contributed by atoms with van der Waals surface area (Å²) in [5.41, 5.74) is 1.33. The van der Waals surface area contributed by atoms with Gasteiger partial charge in [0.15, 0.2) is 0 Å². The molecule has 24 heavy (non-hydrogen) atoms. The maximum atomic E-state index is 12.0. The zero-order chi connectivity index (χ0) is 17.5. The van der Waals surface area contributed by atoms with Crippen molar-refractivity contribution in [3.63, 3.8) is 0 Å². The molecule has 0 aliphatic carbocycles. The van der Waals surface area contributed by atoms with Gasteiger partial charge in [0, 0.05) is 22.3 Å². The quantitative estimate of drug-likeness (QED) is 0.750. The van der Waals surface area contributed by atoms with Gasteiger partial charge in [-0.1, -0.05) is 29.3 Å². The molecule has 0 aliphatic heterocycles. The van der Waals surface area contributed by atoms with E-state index in [9.17, 15) is 13.6 Å². The Morgan fingerprint density at radius 2 is 1.83 bits per heavy atom. The molecular formula is C16H14Cl2F2N2O2. The highest BCUT2D eigenvalue weighted by Crippen LogP contribution is 2.21. The van der Waals surface area contributed by atoms with E-state index in [0.29, 0.717) is 28.7 Å². The monoisotopic (exact) mass is 374 g/mol. The molecule has 0 unspecified atom stereocenters. The van der Waals surface area contributed by atoms with Gasteiger partial charge in [0.1, 0.15) is 5.75 Å². The molecule has 2 N–H and O–H groups in total. The molecule has 0 atom stereocenters. The van der Waals surface area contributed by atoms with Crippen molar-refractivity contribution in [2.75, 3.05) is 11.9 Å². The first kappa shape index (κ1) is 18.3. The Balaban J connectivity index is 1.78. The molecule has 128 valence electrons. The van der Waals surface area contributed by atoms with Crippen LogP contribution in [0.3, 0.4) is 0 Å². The lowest BCUT2D eigenvalue weighted by molar-refractivity contribution is -0.0498. The Bertz CT molecular complexity index is 697. The van der Waals surface area contributed by atoms with Gasteiger partial charge in [-0.05, 0) is 48.4 Å². The van der Waals surface area contributed by atoms with Crippen LogP contribution in [0.2, 0.25) is 10.0 Å². The van der Waals surface area contributed by atoms with E-state index >= 15 is 0 Å². The summed E-state index contributed by atoms with van der Waals surface area (Å²) >= 11 is 11.9. The summed E-state index contributed by atoms with van der Waals surface area (Å²) in [7, 11) is 0. The number of carbonyl (C=O) groups excluding carboxylic acids is 1. The van der Waals surface area contributed by atoms with Crippen LogP contribution in [-0.4, -0.2) is 19.2 Å². The Morgan fingerprint density at radius 1 is 1.12 bits per heavy atom. The van der Waals surface area contributed by atoms with Crippen LogP contribution < -0.4 is 15.4 Å². The number of urea groups is 1. The third-order valence-electron chi connectivity index (χ3n) is 3.03. The summed E-state index contributed by atoms with van der Waals surface area (Å²) in [4.78, 5) is 11.8. The highest BCUT2D eigenvalue weighted by molar-refractivity contribution is 6.35. The average Bonchev–Trinajstić information content (AvgIpc) is 2.51. The molecule has 0 fully saturated rings. The molecule has 0 aromatic heterocycles. The fraction of sp³-hybridized carbons (Fsp3) is 0.188. The lowest BCUT2D eigenvalue weighted by Crippen LogP contribution is -2.30. The molecule has 0 spiro atoms. The first-order valence-corrected chi connectivity index (χ1v) is 7.73. The number of alkyl halides is 2. The number of benzene rings is 2. The van der Waals surface area contributed by atoms with E-state index in [0.717, 1.165) is 5.56 Å². The van der Waals surface area contributed by atoms with Crippen molar-refractivity contribution >= 4 is 34.9 Å². The number of nitrogens with one attached hydrogen (secondary N) is 2. The molecule has 4 nitrogen and oxygen atoms in total. The van der Waals surface area contributed by atoms with Crippen molar-refractivity contribution < 1.29 is 18.3 Å². The zero-order valence-electron chi connectivity index (χ0n) is 12.4. The van der Waals surface area contributed by atoms with Gasteiger partial charge >= 0.3 is 12.6 Å². The minimum atomic E-state index is -2.88. The first-order chi connectivity index (χ1) is 11.4. The molecule has 2 amide bonds. The van der Waals surface area contributed by atoms with Gasteiger partial charge in [-0.25, -0.2) is 4.79 Å². The number of halogens is 4. The van der Waals surface area contributed by atoms with Crippen molar-refractivity contribution in [2.24, 2.45) is 0 Å². The van der Waals surface area contributed by atoms with E-state index < -0.39 is 12.6 Å². The van der Waals surface area contributed by atoms with Crippen LogP contribution in [0.25, 0.3) is 0 Å². The summed E-state index contributed by atoms with van der Waals surface area (Å²) in [5.74, 6) is 0.0216. The van der Waals surface area contributed by atoms with Gasteiger partial charge in [0.2, 0.25) is 0 Å². The standard InChI is InChI=1S/C16H14Cl2F2N2O2/c17-11-2-1-10(14(18)9-11)7-8-21-16(23)22-12-3-5-13(6-4-12)24-15(19)20/h1-6,9,15H,7-8H2,(H2,21,22,23). The van der Waals surface area contributed by atoms with E-state index in [4.69, 9.17) is 23.2 Å². The van der Waals surface area contributed by atoms with Gasteiger partial charge in [0.05, 0.1) is 0 Å². The third-order valence-corrected chi connectivity index (χ3v) is 3.62. The van der Waals surface area contributed by atoms with Crippen molar-refractivity contribution in [3.8, 4) is 5.75 Å². The second-order valence-corrected chi connectivity index (χ2v) is 5.61. The number of amides is 2. The molecule has 0 bridgehead atoms. The maximum Gasteiger partial charge on any atom is 0.387 e. The molecule has 0 radical (unpaired) electrons. The minimum Gasteiger partial charge on any atom is -0.435 e. The summed E-state index contributed by atoms with van der Waals surface area (Å²) in [5, 5.41) is 6.35. The number of hydrogen-bond donors (Lipinski definition) is 2. The lowest BCUT2D eigenvalue weighted by atomic mass is 10.1. The third kappa shape index (κ3) is 5.86. The van der Waals surface area contributed by atoms with Gasteiger partial charge in [0.25, 0.3) is 0 Å². The fourth-order valence-electron chi connectivity index (χ4n) is 1.93. The molecule has 2 rings (SSSR count). The molecule has 8 heteroatoms. The van der Waals surface area contributed by atoms with Crippen LogP contribution in [0.5, 0.6) is 5.75 Å². The maximum absolute atomic E-state index is 12.0. The SMILES string of the molecule is O=C(NCCc1ccc(Cl)cc1Cl)Nc1ccc(OC(F)F)cc1. The second-order valence-electron chi connectivity index (χ2n) is 4.77. The lowest BCUT2D eigenvalue weighted by Gasteiger charge is -2.09. The Kier molecular flexibility index (Phi) is 6.63. The predicted molar refractivity (Wildman–Crippen MR) is 90.3 cm³/mol. The van der Waals surface area contributed by atoms with Crippen LogP contribution in [-0.2, 0) is 6.42 Å². The Labute approximate surface area is 147 Å². The summed E-state index contributed by atoms with van der Waals surface area (Å²) in [6.45, 7) is -2.51. The zero-order valence-corrected chi connectivity index (χ0v) is 13.9. The van der Waals surface area contributed by atoms with Crippen molar-refractivity contribution in [1.82, 2.24) is 5.32 Å². The molecular weight excluding hydrogens is 361 g/mol. The van der Waals surface area contributed by atoms with E-state index in [1.54, 1.807) is 18.2 Å². The van der Waals surface area contributed by atoms with Crippen molar-refractivity contribution in [1.29, 1.82) is 0 Å². The molecule has 0 aliphatic rings. The fourth-order valence-corrected chi connectivity index (χ4v) is 2.43. The van der Waals surface area contributed by atoms with E-state index in [2.05, 4.69) is 15.4 Å². The molecule has 0 saturated heterocycles. The largest absolute Gasteiger partial charge is 0.435 e. The normalized spacial score (nSPS) is 10.5. The number of hydrogen-bond acceptors (Lipinski definition) is 2. The highest BCUT2D eigenvalue weighted by atomic mass is 35.5. The molecule has 0 heterocycles. The highest BCUT2D eigenvalue weighted by Gasteiger charge is 2.06. The van der Waals surface area contributed by atoms with Crippen molar-refractivity contribution in [3.05, 3.63) is 58.1 Å². The molecule has 2 aromatic rings. The van der Waals surface area contributed by atoms with Gasteiger partial charge in [-0.15, -0.1) is 0 Å². The van der Waals surface area contributed by atoms with E-state index in [1.165, 1.54) is 24.3 Å². The number of anilines is 1. The minimum absolute atomic E-state index is 0.0216. The summed E-state index contributed by atoms with van der Waals surface area (Å²) in [6, 6.07) is 10.4. The Morgan fingerprint density at radius 3 is 2.46 bits per heavy atom. The van der Waals surface area contributed by atoms with Gasteiger partial charge in [-0.2, -0.15) is 8.78 Å². The summed E-state index contributed by atoms with van der Waals surface area (Å²) in [6.07, 6.45) is 0.546. The number of carbonyl (C=O) groups is 1. The van der Waals surface area contributed by atoms with Crippen LogP contribution in [0.1, 0.15) is 5.56 Å². The summed E-state index contributed by atoms with van der Waals surface area (Å²) < 4.78 is 28.3. The van der Waals surface area contributed by atoms with Gasteiger partial charge < -0.3 is 15.4 Å². The smallest absolute Gasteiger partial charge is 0.387 e. The topological polar surface area (TPSA) is 50.4 Å². The molecule has 2 aromatic carbocycles. The van der Waals surface area contributed by atoms with E-state index in [1.807, 2.05) is 0 Å². The Hall–Kier alpha value is -2.05. The van der Waals surface area contributed by atoms with Crippen LogP contribution in [0.4, 0.5) is 19.3 Å². The number of ether oxygens (including phenoxy) is 1. The first-order valence-electron chi connectivity index (χ1n) is 6.97. The van der Waals surface area contributed by atoms with Crippen LogP contribution >= 0.6 is 23.2 Å². The molecule has 0 saturated carbocycles. The van der Waals surface area contributed by atoms with Gasteiger partial charge in [-0.3, -0.25) is 0 Å². The van der Waals surface area contributed by atoms with E-state index in [-0.39, 0.29) is 5.75 Å². The van der Waals surface area contributed by atoms with Crippen LogP contribution in [0, 0.1) is 0 Å². The second kappa shape index (κ2) is 8.70. The van der Waals surface area contributed by atoms with Crippen LogP contribution in [0.15, 0.2) is 42.5 Å². The predicted octanol–water partition coefficient (Wildman–Crippen LogP) is 4.96. The number of rotatable bonds is 6.